The van der Waals surface area contributed by atoms with Crippen LogP contribution in [0, 0.1) is 0 Å². The van der Waals surface area contributed by atoms with E-state index in [4.69, 9.17) is 26.3 Å². The number of nitrogens with zero attached hydrogens (tertiary/aromatic N) is 6. The van der Waals surface area contributed by atoms with Crippen molar-refractivity contribution in [2.24, 2.45) is 0 Å². The van der Waals surface area contributed by atoms with Gasteiger partial charge in [0.25, 0.3) is 0 Å². The van der Waals surface area contributed by atoms with Gasteiger partial charge in [-0.05, 0) is 12.1 Å². The van der Waals surface area contributed by atoms with Crippen molar-refractivity contribution in [2.45, 2.75) is 19.4 Å². The molecular formula is C24H24AsClN6O2S. The number of thiazole rings is 1. The molecule has 1 fully saturated rings. The van der Waals surface area contributed by atoms with Crippen LogP contribution < -0.4 is 14.2 Å². The fourth-order valence-corrected chi connectivity index (χ4v) is 5.78. The van der Waals surface area contributed by atoms with Gasteiger partial charge in [-0.15, -0.1) is 0 Å². The summed E-state index contributed by atoms with van der Waals surface area (Å²) in [6.07, 6.45) is 3.55. The Labute approximate surface area is 220 Å². The molecule has 0 N–H and O–H groups in total. The van der Waals surface area contributed by atoms with Crippen molar-refractivity contribution in [2.75, 3.05) is 31.1 Å². The fraction of sp³-hybridized carbons (Fsp3) is 0.292. The number of hydrogen-bond donors (Lipinski definition) is 0. The summed E-state index contributed by atoms with van der Waals surface area (Å²) in [6.45, 7) is 6.04. The summed E-state index contributed by atoms with van der Waals surface area (Å²) in [5.41, 5.74) is 0.759. The summed E-state index contributed by atoms with van der Waals surface area (Å²) >= 11 is 8.88. The van der Waals surface area contributed by atoms with Crippen LogP contribution in [0.2, 0.25) is 5.02 Å². The first-order chi connectivity index (χ1) is 16.8. The van der Waals surface area contributed by atoms with Gasteiger partial charge < -0.3 is 0 Å². The first-order valence-electron chi connectivity index (χ1n) is 11.1. The predicted octanol–water partition coefficient (Wildman–Crippen LogP) is 2.57. The molecule has 4 heterocycles. The topological polar surface area (TPSA) is 84.3 Å². The number of carbonyl (C=O) groups excluding carboxylic acids is 1. The van der Waals surface area contributed by atoms with Gasteiger partial charge >= 0.3 is 193 Å². The Morgan fingerprint density at radius 3 is 2.51 bits per heavy atom. The molecule has 1 atom stereocenters. The Bertz CT molecular complexity index is 1360. The van der Waals surface area contributed by atoms with E-state index in [9.17, 15) is 4.79 Å². The molecule has 3 aromatic heterocycles. The Hall–Kier alpha value is -2.74. The van der Waals surface area contributed by atoms with E-state index in [-0.39, 0.29) is 5.91 Å². The summed E-state index contributed by atoms with van der Waals surface area (Å²) in [7, 11) is 0. The van der Waals surface area contributed by atoms with Gasteiger partial charge in [-0.25, -0.2) is 0 Å². The maximum absolute atomic E-state index is 13.3. The molecule has 1 aromatic carbocycles. The number of carbonyl (C=O) groups is 1. The van der Waals surface area contributed by atoms with Crippen LogP contribution in [0.3, 0.4) is 0 Å². The van der Waals surface area contributed by atoms with Crippen molar-refractivity contribution in [3.8, 4) is 16.3 Å². The summed E-state index contributed by atoms with van der Waals surface area (Å²) < 4.78 is 6.77. The molecule has 1 unspecified atom stereocenters. The van der Waals surface area contributed by atoms with Crippen LogP contribution >= 0.6 is 22.9 Å². The normalized spacial score (nSPS) is 14.4. The van der Waals surface area contributed by atoms with Crippen molar-refractivity contribution in [3.63, 3.8) is 0 Å². The molecule has 0 saturated carbocycles. The molecule has 5 rings (SSSR count). The van der Waals surface area contributed by atoms with E-state index in [0.29, 0.717) is 37.0 Å². The fourth-order valence-electron chi connectivity index (χ4n) is 4.00. The molecule has 0 bridgehead atoms. The SMILES string of the molecule is CC(C)(Oc1ccc(Cl)cc1)C(=O)N1CCN(c2nc([AsH2])nc3sc(-c4cccnc4)nc23)CC1. The molecule has 35 heavy (non-hydrogen) atoms. The molecule has 1 aliphatic heterocycles. The number of benzene rings is 1. The number of aromatic nitrogens is 4. The predicted molar refractivity (Wildman–Crippen MR) is 142 cm³/mol. The monoisotopic (exact) mass is 570 g/mol. The number of amides is 1. The molecule has 180 valence electrons. The molecule has 0 radical (unpaired) electrons. The van der Waals surface area contributed by atoms with Gasteiger partial charge in [-0.1, -0.05) is 11.6 Å². The summed E-state index contributed by atoms with van der Waals surface area (Å²) in [5.74, 6) is 1.39. The van der Waals surface area contributed by atoms with E-state index in [0.717, 1.165) is 31.3 Å². The Balaban J connectivity index is 1.31. The van der Waals surface area contributed by atoms with Crippen molar-refractivity contribution >= 4 is 66.5 Å². The molecule has 4 aromatic rings. The number of halogens is 1. The summed E-state index contributed by atoms with van der Waals surface area (Å²) in [4.78, 5) is 36.6. The van der Waals surface area contributed by atoms with Crippen LogP contribution in [0.25, 0.3) is 20.9 Å². The van der Waals surface area contributed by atoms with Crippen molar-refractivity contribution in [1.29, 1.82) is 0 Å². The molecule has 1 amide bonds. The zero-order chi connectivity index (χ0) is 24.6. The molecule has 1 aliphatic rings. The molecule has 8 nitrogen and oxygen atoms in total. The van der Waals surface area contributed by atoms with Gasteiger partial charge in [-0.3, -0.25) is 0 Å². The van der Waals surface area contributed by atoms with E-state index in [1.165, 1.54) is 16.9 Å². The number of piperazine rings is 1. The molecule has 1 saturated heterocycles. The number of pyridine rings is 1. The number of hydrogen-bond acceptors (Lipinski definition) is 8. The van der Waals surface area contributed by atoms with Gasteiger partial charge in [0, 0.05) is 5.02 Å². The van der Waals surface area contributed by atoms with Crippen LogP contribution in [0.1, 0.15) is 13.8 Å². The van der Waals surface area contributed by atoms with E-state index >= 15 is 0 Å². The molecular weight excluding hydrogens is 547 g/mol. The van der Waals surface area contributed by atoms with E-state index in [1.54, 1.807) is 61.8 Å². The zero-order valence-electron chi connectivity index (χ0n) is 19.3. The second-order valence-corrected chi connectivity index (χ2v) is 11.2. The average molecular weight is 571 g/mol. The van der Waals surface area contributed by atoms with Crippen LogP contribution in [-0.4, -0.2) is 79.4 Å². The van der Waals surface area contributed by atoms with Crippen molar-refractivity contribution in [1.82, 2.24) is 24.8 Å². The number of ether oxygens (including phenoxy) is 1. The molecule has 0 aliphatic carbocycles. The van der Waals surface area contributed by atoms with Crippen molar-refractivity contribution < 1.29 is 9.53 Å². The Kier molecular flexibility index (Phi) is 6.66. The second kappa shape index (κ2) is 9.72. The number of rotatable bonds is 5. The van der Waals surface area contributed by atoms with Gasteiger partial charge in [0.05, 0.1) is 0 Å². The van der Waals surface area contributed by atoms with Crippen LogP contribution in [0.15, 0.2) is 48.8 Å². The summed E-state index contributed by atoms with van der Waals surface area (Å²) in [5, 5.41) is 1.50. The van der Waals surface area contributed by atoms with E-state index in [2.05, 4.69) is 14.9 Å². The van der Waals surface area contributed by atoms with E-state index < -0.39 is 5.60 Å². The van der Waals surface area contributed by atoms with Gasteiger partial charge in [0.2, 0.25) is 0 Å². The first kappa shape index (κ1) is 24.0. The Morgan fingerprint density at radius 2 is 1.83 bits per heavy atom. The van der Waals surface area contributed by atoms with Gasteiger partial charge in [0.1, 0.15) is 0 Å². The van der Waals surface area contributed by atoms with Crippen LogP contribution in [-0.2, 0) is 4.79 Å². The third-order valence-electron chi connectivity index (χ3n) is 5.73. The van der Waals surface area contributed by atoms with Gasteiger partial charge in [0.15, 0.2) is 0 Å². The minimum absolute atomic E-state index is 0.0491. The van der Waals surface area contributed by atoms with Crippen molar-refractivity contribution in [3.05, 3.63) is 53.8 Å². The second-order valence-electron chi connectivity index (χ2n) is 8.67. The quantitative estimate of drug-likeness (QED) is 0.341. The third kappa shape index (κ3) is 5.12. The van der Waals surface area contributed by atoms with E-state index in [1.807, 2.05) is 17.0 Å². The number of fused-ring (bicyclic) bond motifs is 1. The number of anilines is 1. The minimum atomic E-state index is -0.995. The molecule has 11 heteroatoms. The maximum atomic E-state index is 13.3. The Morgan fingerprint density at radius 1 is 1.09 bits per heavy atom. The zero-order valence-corrected chi connectivity index (χ0v) is 23.3. The average Bonchev–Trinajstić information content (AvgIpc) is 3.29. The third-order valence-corrected chi connectivity index (χ3v) is 7.53. The van der Waals surface area contributed by atoms with Gasteiger partial charge in [-0.2, -0.15) is 0 Å². The molecule has 0 spiro atoms. The standard InChI is InChI=1S/C24H24AsClN6O2S/c1-24(2,34-17-7-5-16(26)6-8-17)22(33)32-12-10-31(11-13-32)19-18-21(30-23(25)29-19)35-20(28-18)15-4-3-9-27-14-15/h3-9,14H,10-13,25H2,1-2H3. The van der Waals surface area contributed by atoms with Crippen LogP contribution in [0.5, 0.6) is 5.75 Å². The first-order valence-corrected chi connectivity index (χ1v) is 13.5. The van der Waals surface area contributed by atoms with Crippen LogP contribution in [0.4, 0.5) is 5.82 Å². The summed E-state index contributed by atoms with van der Waals surface area (Å²) in [6, 6.07) is 10.9.